The van der Waals surface area contributed by atoms with E-state index in [1.807, 2.05) is 19.2 Å². The molecule has 74 valence electrons. The summed E-state index contributed by atoms with van der Waals surface area (Å²) in [7, 11) is 3.53. The molecule has 0 unspecified atom stereocenters. The first-order valence-electron chi connectivity index (χ1n) is 4.50. The lowest BCUT2D eigenvalue weighted by atomic mass is 10.3. The van der Waals surface area contributed by atoms with Crippen molar-refractivity contribution in [2.75, 3.05) is 20.7 Å². The number of methoxy groups -OCH3 is 1. The molecule has 1 aromatic rings. The van der Waals surface area contributed by atoms with E-state index in [9.17, 15) is 0 Å². The fourth-order valence-electron chi connectivity index (χ4n) is 0.916. The van der Waals surface area contributed by atoms with Gasteiger partial charge in [-0.2, -0.15) is 0 Å². The summed E-state index contributed by atoms with van der Waals surface area (Å²) in [5, 5.41) is 3.03. The average molecular weight is 190 g/mol. The van der Waals surface area contributed by atoms with Crippen LogP contribution in [0.5, 0.6) is 5.75 Å². The van der Waals surface area contributed by atoms with Crippen molar-refractivity contribution < 1.29 is 4.74 Å². The smallest absolute Gasteiger partial charge is 0.137 e. The van der Waals surface area contributed by atoms with Crippen LogP contribution in [0.15, 0.2) is 18.3 Å². The molecule has 0 aliphatic rings. The van der Waals surface area contributed by atoms with Crippen molar-refractivity contribution in [3.63, 3.8) is 0 Å². The van der Waals surface area contributed by atoms with Crippen molar-refractivity contribution in [1.82, 2.24) is 10.3 Å². The Morgan fingerprint density at radius 2 is 2.36 bits per heavy atom. The largest absolute Gasteiger partial charge is 0.495 e. The monoisotopic (exact) mass is 190 g/mol. The molecule has 3 heteroatoms. The van der Waals surface area contributed by atoms with Crippen molar-refractivity contribution >= 4 is 0 Å². The molecular formula is C11H14N2O. The van der Waals surface area contributed by atoms with Crippen molar-refractivity contribution in [1.29, 1.82) is 0 Å². The number of pyridine rings is 1. The molecule has 3 nitrogen and oxygen atoms in total. The minimum atomic E-state index is 0.755. The van der Waals surface area contributed by atoms with Gasteiger partial charge in [0.25, 0.3) is 0 Å². The van der Waals surface area contributed by atoms with Crippen LogP contribution >= 0.6 is 0 Å². The molecule has 0 aromatic carbocycles. The van der Waals surface area contributed by atoms with Gasteiger partial charge in [0.1, 0.15) is 11.4 Å². The third-order valence-electron chi connectivity index (χ3n) is 1.69. The highest BCUT2D eigenvalue weighted by Gasteiger charge is 1.90. The second-order valence-corrected chi connectivity index (χ2v) is 2.74. The molecule has 0 radical (unpaired) electrons. The first-order valence-corrected chi connectivity index (χ1v) is 4.50. The Morgan fingerprint density at radius 1 is 1.50 bits per heavy atom. The van der Waals surface area contributed by atoms with Crippen LogP contribution in [0.2, 0.25) is 0 Å². The van der Waals surface area contributed by atoms with Gasteiger partial charge in [-0.05, 0) is 25.1 Å². The van der Waals surface area contributed by atoms with Crippen LogP contribution in [0.25, 0.3) is 0 Å². The van der Waals surface area contributed by atoms with Crippen LogP contribution in [0, 0.1) is 11.8 Å². The Bertz CT molecular complexity index is 321. The van der Waals surface area contributed by atoms with Gasteiger partial charge < -0.3 is 10.1 Å². The van der Waals surface area contributed by atoms with Gasteiger partial charge in [0, 0.05) is 13.0 Å². The van der Waals surface area contributed by atoms with Crippen LogP contribution in [0.4, 0.5) is 0 Å². The molecule has 1 aromatic heterocycles. The summed E-state index contributed by atoms with van der Waals surface area (Å²) in [5.74, 6) is 6.75. The van der Waals surface area contributed by atoms with Crippen LogP contribution in [0.3, 0.4) is 0 Å². The van der Waals surface area contributed by atoms with E-state index in [4.69, 9.17) is 4.74 Å². The molecule has 1 rings (SSSR count). The van der Waals surface area contributed by atoms with Crippen LogP contribution in [-0.4, -0.2) is 25.7 Å². The number of rotatable bonds is 3. The van der Waals surface area contributed by atoms with E-state index in [1.165, 1.54) is 0 Å². The summed E-state index contributed by atoms with van der Waals surface area (Å²) >= 11 is 0. The van der Waals surface area contributed by atoms with E-state index >= 15 is 0 Å². The molecular weight excluding hydrogens is 176 g/mol. The summed E-state index contributed by atoms with van der Waals surface area (Å²) in [4.78, 5) is 4.13. The second-order valence-electron chi connectivity index (χ2n) is 2.74. The fraction of sp³-hybridized carbons (Fsp3) is 0.364. The van der Waals surface area contributed by atoms with Crippen molar-refractivity contribution in [3.05, 3.63) is 24.0 Å². The van der Waals surface area contributed by atoms with E-state index in [2.05, 4.69) is 22.1 Å². The molecule has 0 aliphatic carbocycles. The Hall–Kier alpha value is -1.53. The minimum absolute atomic E-state index is 0.755. The van der Waals surface area contributed by atoms with E-state index in [0.717, 1.165) is 24.4 Å². The summed E-state index contributed by atoms with van der Waals surface area (Å²) in [5.41, 5.74) is 0.780. The lowest BCUT2D eigenvalue weighted by molar-refractivity contribution is 0.413. The summed E-state index contributed by atoms with van der Waals surface area (Å²) in [6.45, 7) is 0.906. The molecule has 0 saturated heterocycles. The topological polar surface area (TPSA) is 34.1 Å². The molecule has 1 heterocycles. The van der Waals surface area contributed by atoms with E-state index in [-0.39, 0.29) is 0 Å². The molecule has 0 amide bonds. The number of aromatic nitrogens is 1. The Morgan fingerprint density at radius 3 is 2.93 bits per heavy atom. The maximum absolute atomic E-state index is 4.99. The van der Waals surface area contributed by atoms with Crippen LogP contribution in [0.1, 0.15) is 12.1 Å². The predicted molar refractivity (Wildman–Crippen MR) is 56.2 cm³/mol. The lowest BCUT2D eigenvalue weighted by Crippen LogP contribution is -2.05. The van der Waals surface area contributed by atoms with Gasteiger partial charge in [0.2, 0.25) is 0 Å². The average Bonchev–Trinajstić information content (AvgIpc) is 2.25. The van der Waals surface area contributed by atoms with Crippen LogP contribution in [-0.2, 0) is 0 Å². The number of hydrogen-bond donors (Lipinski definition) is 1. The Labute approximate surface area is 84.5 Å². The molecule has 1 N–H and O–H groups in total. The molecule has 0 bridgehead atoms. The second kappa shape index (κ2) is 6.01. The lowest BCUT2D eigenvalue weighted by Gasteiger charge is -1.96. The van der Waals surface area contributed by atoms with Gasteiger partial charge in [-0.15, -0.1) is 0 Å². The molecule has 14 heavy (non-hydrogen) atoms. The van der Waals surface area contributed by atoms with Gasteiger partial charge in [0.15, 0.2) is 0 Å². The van der Waals surface area contributed by atoms with Crippen molar-refractivity contribution in [2.45, 2.75) is 6.42 Å². The zero-order valence-corrected chi connectivity index (χ0v) is 8.50. The minimum Gasteiger partial charge on any atom is -0.495 e. The zero-order chi connectivity index (χ0) is 10.2. The standard InChI is InChI=1S/C11H14N2O/c1-12-8-4-3-5-10-6-7-11(14-2)9-13-10/h6-7,9,12H,4,8H2,1-2H3. The van der Waals surface area contributed by atoms with Gasteiger partial charge in [-0.3, -0.25) is 0 Å². The number of nitrogens with zero attached hydrogens (tertiary/aromatic N) is 1. The highest BCUT2D eigenvalue weighted by molar-refractivity contribution is 5.30. The summed E-state index contributed by atoms with van der Waals surface area (Å²) < 4.78 is 4.99. The Balaban J connectivity index is 2.53. The maximum atomic E-state index is 4.99. The molecule has 0 spiro atoms. The van der Waals surface area contributed by atoms with Crippen LogP contribution < -0.4 is 10.1 Å². The summed E-state index contributed by atoms with van der Waals surface area (Å²) in [6.07, 6.45) is 2.51. The quantitative estimate of drug-likeness (QED) is 0.571. The normalized spacial score (nSPS) is 9.00. The van der Waals surface area contributed by atoms with E-state index in [0.29, 0.717) is 0 Å². The maximum Gasteiger partial charge on any atom is 0.137 e. The van der Waals surface area contributed by atoms with Gasteiger partial charge in [0.05, 0.1) is 13.3 Å². The van der Waals surface area contributed by atoms with Crippen molar-refractivity contribution in [3.8, 4) is 17.6 Å². The highest BCUT2D eigenvalue weighted by Crippen LogP contribution is 2.06. The zero-order valence-electron chi connectivity index (χ0n) is 8.50. The van der Waals surface area contributed by atoms with Crippen molar-refractivity contribution in [2.24, 2.45) is 0 Å². The third-order valence-corrected chi connectivity index (χ3v) is 1.69. The first-order chi connectivity index (χ1) is 6.86. The molecule has 0 aliphatic heterocycles. The first kappa shape index (κ1) is 10.6. The number of hydrogen-bond acceptors (Lipinski definition) is 3. The SMILES string of the molecule is CNCCC#Cc1ccc(OC)cn1. The van der Waals surface area contributed by atoms with Gasteiger partial charge in [-0.1, -0.05) is 5.92 Å². The highest BCUT2D eigenvalue weighted by atomic mass is 16.5. The third kappa shape index (κ3) is 3.46. The number of ether oxygens (including phenoxy) is 1. The fourth-order valence-corrected chi connectivity index (χ4v) is 0.916. The van der Waals surface area contributed by atoms with Gasteiger partial charge >= 0.3 is 0 Å². The molecule has 0 saturated carbocycles. The number of nitrogens with one attached hydrogen (secondary N) is 1. The molecule has 0 fully saturated rings. The van der Waals surface area contributed by atoms with Gasteiger partial charge in [-0.25, -0.2) is 4.98 Å². The predicted octanol–water partition coefficient (Wildman–Crippen LogP) is 1.05. The van der Waals surface area contributed by atoms with E-state index < -0.39 is 0 Å². The molecule has 0 atom stereocenters. The van der Waals surface area contributed by atoms with E-state index in [1.54, 1.807) is 13.3 Å². The summed E-state index contributed by atoms with van der Waals surface area (Å²) in [6, 6.07) is 3.71. The Kier molecular flexibility index (Phi) is 4.53.